The molecule has 1 aliphatic heterocycles. The van der Waals surface area contributed by atoms with Crippen LogP contribution in [0, 0.1) is 0 Å². The van der Waals surface area contributed by atoms with Crippen molar-refractivity contribution < 1.29 is 24.5 Å². The van der Waals surface area contributed by atoms with Crippen LogP contribution in [0.1, 0.15) is 32.8 Å². The van der Waals surface area contributed by atoms with Crippen molar-refractivity contribution in [2.24, 2.45) is 15.7 Å². The molecule has 0 bridgehead atoms. The maximum atomic E-state index is 11.1. The van der Waals surface area contributed by atoms with Gasteiger partial charge in [0.25, 0.3) is 0 Å². The van der Waals surface area contributed by atoms with Crippen molar-refractivity contribution in [3.63, 3.8) is 0 Å². The molecule has 190 valence electrons. The van der Waals surface area contributed by atoms with Crippen LogP contribution >= 0.6 is 0 Å². The molecule has 0 amide bonds. The molecule has 1 heterocycles. The van der Waals surface area contributed by atoms with Crippen molar-refractivity contribution in [1.82, 2.24) is 10.2 Å². The molecule has 0 aliphatic carbocycles. The smallest absolute Gasteiger partial charge is 0.307 e. The van der Waals surface area contributed by atoms with Gasteiger partial charge in [-0.25, -0.2) is 9.98 Å². The summed E-state index contributed by atoms with van der Waals surface area (Å²) in [5.74, 6) is -0.253. The van der Waals surface area contributed by atoms with E-state index in [1.807, 2.05) is 18.7 Å². The van der Waals surface area contributed by atoms with E-state index in [9.17, 15) is 9.90 Å². The first kappa shape index (κ1) is 29.1. The minimum atomic E-state index is -0.950. The van der Waals surface area contributed by atoms with Crippen molar-refractivity contribution in [3.8, 4) is 5.75 Å². The van der Waals surface area contributed by atoms with E-state index in [4.69, 9.17) is 30.3 Å². The largest absolute Gasteiger partial charge is 0.508 e. The highest BCUT2D eigenvalue weighted by Crippen LogP contribution is 2.12. The monoisotopic (exact) mass is 477 g/mol. The summed E-state index contributed by atoms with van der Waals surface area (Å²) in [4.78, 5) is 22.7. The molecule has 0 aromatic heterocycles. The van der Waals surface area contributed by atoms with Crippen LogP contribution in [-0.2, 0) is 20.8 Å². The van der Waals surface area contributed by atoms with Gasteiger partial charge < -0.3 is 35.6 Å². The number of nitrogens with one attached hydrogen (secondary N) is 1. The summed E-state index contributed by atoms with van der Waals surface area (Å²) in [5, 5.41) is 21.8. The van der Waals surface area contributed by atoms with E-state index in [1.54, 1.807) is 44.4 Å². The summed E-state index contributed by atoms with van der Waals surface area (Å²) in [5.41, 5.74) is 8.21. The van der Waals surface area contributed by atoms with E-state index in [0.717, 1.165) is 5.56 Å². The highest BCUT2D eigenvalue weighted by atomic mass is 16.5. The highest BCUT2D eigenvalue weighted by molar-refractivity contribution is 6.09. The van der Waals surface area contributed by atoms with E-state index in [1.165, 1.54) is 0 Å². The average Bonchev–Trinajstić information content (AvgIpc) is 2.84. The van der Waals surface area contributed by atoms with Gasteiger partial charge >= 0.3 is 5.97 Å². The van der Waals surface area contributed by atoms with Crippen molar-refractivity contribution in [2.75, 3.05) is 46.6 Å². The summed E-state index contributed by atoms with van der Waals surface area (Å²) in [6.07, 6.45) is 1.40. The van der Waals surface area contributed by atoms with Gasteiger partial charge in [-0.1, -0.05) is 26.0 Å². The number of carboxylic acids is 1. The summed E-state index contributed by atoms with van der Waals surface area (Å²) in [6.45, 7) is 9.48. The zero-order chi connectivity index (χ0) is 25.3. The molecule has 5 N–H and O–H groups in total. The third-order valence-corrected chi connectivity index (χ3v) is 4.66. The van der Waals surface area contributed by atoms with Crippen LogP contribution in [0.4, 0.5) is 0 Å². The first-order chi connectivity index (χ1) is 16.4. The second-order valence-electron chi connectivity index (χ2n) is 7.30. The number of nitrogens with two attached hydrogens (primary N) is 1. The number of aliphatic carboxylic acids is 1. The minimum absolute atomic E-state index is 0.168. The van der Waals surface area contributed by atoms with E-state index < -0.39 is 12.0 Å². The van der Waals surface area contributed by atoms with Gasteiger partial charge in [0.05, 0.1) is 44.2 Å². The first-order valence-electron chi connectivity index (χ1n) is 11.5. The molecule has 0 spiro atoms. The summed E-state index contributed by atoms with van der Waals surface area (Å²) >= 11 is 0. The van der Waals surface area contributed by atoms with Gasteiger partial charge in [-0.15, -0.1) is 0 Å². The normalized spacial score (nSPS) is 15.9. The average molecular weight is 478 g/mol. The van der Waals surface area contributed by atoms with Crippen molar-refractivity contribution in [3.05, 3.63) is 41.6 Å². The van der Waals surface area contributed by atoms with Gasteiger partial charge in [-0.2, -0.15) is 0 Å². The van der Waals surface area contributed by atoms with Crippen molar-refractivity contribution in [2.45, 2.75) is 39.8 Å². The number of benzene rings is 1. The molecule has 1 aromatic rings. The Balaban J connectivity index is 0.00000281. The number of carbonyl (C=O) groups is 1. The quantitative estimate of drug-likeness (QED) is 0.228. The molecule has 1 aromatic carbocycles. The molecule has 2 rings (SSSR count). The number of ether oxygens (including phenoxy) is 2. The molecule has 1 unspecified atom stereocenters. The fraction of sp³-hybridized carbons (Fsp3) is 0.542. The predicted octanol–water partition coefficient (Wildman–Crippen LogP) is 1.99. The minimum Gasteiger partial charge on any atom is -0.508 e. The van der Waals surface area contributed by atoms with Gasteiger partial charge in [0.15, 0.2) is 0 Å². The van der Waals surface area contributed by atoms with Crippen LogP contribution in [0.25, 0.3) is 0 Å². The van der Waals surface area contributed by atoms with E-state index in [-0.39, 0.29) is 12.2 Å². The molecular formula is C24H39N5O5. The Kier molecular flexibility index (Phi) is 14.2. The number of rotatable bonds is 10. The lowest BCUT2D eigenvalue weighted by Gasteiger charge is -2.28. The van der Waals surface area contributed by atoms with Gasteiger partial charge in [0, 0.05) is 32.8 Å². The summed E-state index contributed by atoms with van der Waals surface area (Å²) in [6, 6.07) is 6.36. The summed E-state index contributed by atoms with van der Waals surface area (Å²) in [7, 11) is 1.59. The van der Waals surface area contributed by atoms with Crippen molar-refractivity contribution in [1.29, 1.82) is 0 Å². The highest BCUT2D eigenvalue weighted by Gasteiger charge is 2.19. The van der Waals surface area contributed by atoms with Gasteiger partial charge in [0.2, 0.25) is 5.96 Å². The zero-order valence-electron chi connectivity index (χ0n) is 20.7. The SMILES string of the molecule is CC.COCCNC(=C/CC(=O)O)/C(=N/C(=NCc1ccc(O)cc1)N1CCOCC1)C(C)N. The van der Waals surface area contributed by atoms with Crippen molar-refractivity contribution >= 4 is 17.6 Å². The number of hydrogen-bond acceptors (Lipinski definition) is 7. The fourth-order valence-electron chi connectivity index (χ4n) is 2.99. The number of carboxylic acid groups (broad SMARTS) is 1. The molecule has 34 heavy (non-hydrogen) atoms. The van der Waals surface area contributed by atoms with E-state index >= 15 is 0 Å². The molecule has 1 saturated heterocycles. The molecule has 1 fully saturated rings. The number of phenols is 1. The van der Waals surface area contributed by atoms with Crippen LogP contribution in [-0.4, -0.2) is 85.4 Å². The maximum absolute atomic E-state index is 11.1. The number of aromatic hydroxyl groups is 1. The Hall–Kier alpha value is -2.95. The topological polar surface area (TPSA) is 142 Å². The lowest BCUT2D eigenvalue weighted by Crippen LogP contribution is -2.42. The van der Waals surface area contributed by atoms with Crippen LogP contribution in [0.3, 0.4) is 0 Å². The Labute approximate surface area is 202 Å². The van der Waals surface area contributed by atoms with E-state index in [2.05, 4.69) is 5.32 Å². The molecule has 1 atom stereocenters. The van der Waals surface area contributed by atoms with E-state index in [0.29, 0.717) is 63.4 Å². The third kappa shape index (κ3) is 10.8. The number of methoxy groups -OCH3 is 1. The number of nitrogens with zero attached hydrogens (tertiary/aromatic N) is 3. The lowest BCUT2D eigenvalue weighted by molar-refractivity contribution is -0.136. The predicted molar refractivity (Wildman–Crippen MR) is 134 cm³/mol. The van der Waals surface area contributed by atoms with Crippen LogP contribution in [0.5, 0.6) is 5.75 Å². The number of aliphatic imine (C=N–C) groups is 2. The standard InChI is InChI=1S/C22H33N5O5.C2H6/c1-16(23)21(19(7-8-20(29)30)24-9-12-31-2)26-22(27-10-13-32-14-11-27)25-15-17-3-5-18(28)6-4-17;1-2/h3-7,16,24,28H,8-15,23H2,1-2H3,(H,29,30);1-2H3/b19-7+,25-22?,26-21+;. The van der Waals surface area contributed by atoms with Gasteiger partial charge in [-0.3, -0.25) is 4.79 Å². The number of guanidine groups is 1. The maximum Gasteiger partial charge on any atom is 0.307 e. The van der Waals surface area contributed by atoms with Crippen LogP contribution < -0.4 is 11.1 Å². The molecule has 10 nitrogen and oxygen atoms in total. The second kappa shape index (κ2) is 16.6. The second-order valence-corrected chi connectivity index (χ2v) is 7.30. The Morgan fingerprint density at radius 3 is 2.50 bits per heavy atom. The molecule has 0 saturated carbocycles. The molecule has 10 heteroatoms. The third-order valence-electron chi connectivity index (χ3n) is 4.66. The lowest BCUT2D eigenvalue weighted by atomic mass is 10.1. The zero-order valence-corrected chi connectivity index (χ0v) is 20.7. The number of morpholine rings is 1. The molecular weight excluding hydrogens is 438 g/mol. The molecule has 0 radical (unpaired) electrons. The Morgan fingerprint density at radius 2 is 1.94 bits per heavy atom. The fourth-order valence-corrected chi connectivity index (χ4v) is 2.99. The Bertz CT molecular complexity index is 816. The Morgan fingerprint density at radius 1 is 1.29 bits per heavy atom. The van der Waals surface area contributed by atoms with Crippen LogP contribution in [0.2, 0.25) is 0 Å². The van der Waals surface area contributed by atoms with Gasteiger partial charge in [-0.05, 0) is 30.7 Å². The molecule has 1 aliphatic rings. The van der Waals surface area contributed by atoms with Gasteiger partial charge in [0.1, 0.15) is 5.75 Å². The first-order valence-corrected chi connectivity index (χ1v) is 11.5. The van der Waals surface area contributed by atoms with Crippen LogP contribution in [0.15, 0.2) is 46.0 Å². The number of phenolic OH excluding ortho intramolecular Hbond substituents is 1. The summed E-state index contributed by atoms with van der Waals surface area (Å²) < 4.78 is 10.5. The number of hydrogen-bond donors (Lipinski definition) is 4.